The fraction of sp³-hybridized carbons (Fsp3) is 0.429. The summed E-state index contributed by atoms with van der Waals surface area (Å²) in [6.07, 6.45) is 6.75. The van der Waals surface area contributed by atoms with E-state index < -0.39 is 0 Å². The van der Waals surface area contributed by atoms with Crippen LogP contribution in [0.3, 0.4) is 0 Å². The number of hydrogen-bond donors (Lipinski definition) is 1. The van der Waals surface area contributed by atoms with Crippen molar-refractivity contribution in [1.29, 1.82) is 0 Å². The number of carbonyl (C=O) groups excluding carboxylic acids is 1. The summed E-state index contributed by atoms with van der Waals surface area (Å²) >= 11 is 0. The minimum atomic E-state index is -0.145. The lowest BCUT2D eigenvalue weighted by Crippen LogP contribution is -2.28. The molecule has 2 aromatic heterocycles. The van der Waals surface area contributed by atoms with Crippen molar-refractivity contribution in [1.82, 2.24) is 25.1 Å². The molecule has 2 aromatic rings. The molecule has 0 spiro atoms. The van der Waals surface area contributed by atoms with Crippen LogP contribution in [0.15, 0.2) is 24.8 Å². The summed E-state index contributed by atoms with van der Waals surface area (Å²) < 4.78 is 1.62. The molecule has 0 radical (unpaired) electrons. The maximum absolute atomic E-state index is 12.3. The lowest BCUT2D eigenvalue weighted by molar-refractivity contribution is 0.0930. The van der Waals surface area contributed by atoms with Crippen molar-refractivity contribution in [2.75, 3.05) is 0 Å². The van der Waals surface area contributed by atoms with Crippen LogP contribution in [-0.2, 0) is 13.5 Å². The molecule has 0 aliphatic carbocycles. The SMILES string of the molecule is CCCc1cc(C(=O)NC(C)c2cncnc2)n(C)n1. The zero-order chi connectivity index (χ0) is 14.5. The molecule has 106 valence electrons. The van der Waals surface area contributed by atoms with Gasteiger partial charge in [-0.3, -0.25) is 9.48 Å². The standard InChI is InChI=1S/C14H19N5O/c1-4-5-12-6-13(19(3)18-12)14(20)17-10(2)11-7-15-9-16-8-11/h6-10H,4-5H2,1-3H3,(H,17,20). The molecule has 1 atom stereocenters. The summed E-state index contributed by atoms with van der Waals surface area (Å²) in [7, 11) is 1.78. The summed E-state index contributed by atoms with van der Waals surface area (Å²) in [6, 6.07) is 1.70. The van der Waals surface area contributed by atoms with Gasteiger partial charge in [0.2, 0.25) is 0 Å². The Labute approximate surface area is 118 Å². The van der Waals surface area contributed by atoms with Crippen LogP contribution >= 0.6 is 0 Å². The van der Waals surface area contributed by atoms with Crippen molar-refractivity contribution in [3.63, 3.8) is 0 Å². The molecular formula is C14H19N5O. The van der Waals surface area contributed by atoms with E-state index >= 15 is 0 Å². The molecule has 0 bridgehead atoms. The summed E-state index contributed by atoms with van der Waals surface area (Å²) in [4.78, 5) is 20.2. The number of aromatic nitrogens is 4. The number of carbonyl (C=O) groups is 1. The molecule has 2 rings (SSSR count). The molecule has 0 aromatic carbocycles. The van der Waals surface area contributed by atoms with Crippen LogP contribution in [0.4, 0.5) is 0 Å². The number of nitrogens with zero attached hydrogens (tertiary/aromatic N) is 4. The van der Waals surface area contributed by atoms with Gasteiger partial charge >= 0.3 is 0 Å². The second-order valence-corrected chi connectivity index (χ2v) is 4.76. The van der Waals surface area contributed by atoms with E-state index in [1.165, 1.54) is 6.33 Å². The molecule has 0 saturated carbocycles. The van der Waals surface area contributed by atoms with Gasteiger partial charge in [0.05, 0.1) is 11.7 Å². The highest BCUT2D eigenvalue weighted by atomic mass is 16.2. The molecule has 1 amide bonds. The molecule has 0 saturated heterocycles. The van der Waals surface area contributed by atoms with Crippen LogP contribution < -0.4 is 5.32 Å². The molecule has 20 heavy (non-hydrogen) atoms. The Hall–Kier alpha value is -2.24. The van der Waals surface area contributed by atoms with Gasteiger partial charge in [0, 0.05) is 25.0 Å². The van der Waals surface area contributed by atoms with Crippen LogP contribution in [0.25, 0.3) is 0 Å². The van der Waals surface area contributed by atoms with Gasteiger partial charge in [-0.05, 0) is 19.4 Å². The Morgan fingerprint density at radius 3 is 2.75 bits per heavy atom. The third-order valence-electron chi connectivity index (χ3n) is 3.10. The zero-order valence-corrected chi connectivity index (χ0v) is 12.0. The average Bonchev–Trinajstić information content (AvgIpc) is 2.81. The van der Waals surface area contributed by atoms with Crippen molar-refractivity contribution in [2.45, 2.75) is 32.7 Å². The van der Waals surface area contributed by atoms with Gasteiger partial charge in [0.25, 0.3) is 5.91 Å². The van der Waals surface area contributed by atoms with E-state index in [0.717, 1.165) is 24.1 Å². The number of hydrogen-bond acceptors (Lipinski definition) is 4. The molecule has 0 fully saturated rings. The Morgan fingerprint density at radius 2 is 2.10 bits per heavy atom. The van der Waals surface area contributed by atoms with Gasteiger partial charge < -0.3 is 5.32 Å². The average molecular weight is 273 g/mol. The van der Waals surface area contributed by atoms with Gasteiger partial charge in [0.1, 0.15) is 12.0 Å². The molecule has 1 N–H and O–H groups in total. The van der Waals surface area contributed by atoms with Crippen LogP contribution in [-0.4, -0.2) is 25.7 Å². The van der Waals surface area contributed by atoms with E-state index in [1.807, 2.05) is 13.0 Å². The largest absolute Gasteiger partial charge is 0.344 e. The van der Waals surface area contributed by atoms with E-state index in [4.69, 9.17) is 0 Å². The van der Waals surface area contributed by atoms with E-state index in [-0.39, 0.29) is 11.9 Å². The minimum absolute atomic E-state index is 0.140. The summed E-state index contributed by atoms with van der Waals surface area (Å²) in [5.74, 6) is -0.140. The highest BCUT2D eigenvalue weighted by Crippen LogP contribution is 2.11. The predicted molar refractivity (Wildman–Crippen MR) is 75.1 cm³/mol. The smallest absolute Gasteiger partial charge is 0.270 e. The Kier molecular flexibility index (Phi) is 4.45. The van der Waals surface area contributed by atoms with Gasteiger partial charge in [0.15, 0.2) is 0 Å². The first-order valence-electron chi connectivity index (χ1n) is 6.70. The van der Waals surface area contributed by atoms with Crippen molar-refractivity contribution in [3.8, 4) is 0 Å². The molecule has 6 heteroatoms. The third kappa shape index (κ3) is 3.20. The normalized spacial score (nSPS) is 12.2. The van der Waals surface area contributed by atoms with E-state index in [0.29, 0.717) is 5.69 Å². The monoisotopic (exact) mass is 273 g/mol. The van der Waals surface area contributed by atoms with Crippen molar-refractivity contribution < 1.29 is 4.79 Å². The minimum Gasteiger partial charge on any atom is -0.344 e. The quantitative estimate of drug-likeness (QED) is 0.899. The van der Waals surface area contributed by atoms with Gasteiger partial charge in [-0.2, -0.15) is 5.10 Å². The maximum Gasteiger partial charge on any atom is 0.270 e. The van der Waals surface area contributed by atoms with E-state index in [2.05, 4.69) is 27.3 Å². The van der Waals surface area contributed by atoms with Gasteiger partial charge in [-0.25, -0.2) is 9.97 Å². The van der Waals surface area contributed by atoms with Crippen LogP contribution in [0.2, 0.25) is 0 Å². The van der Waals surface area contributed by atoms with E-state index in [9.17, 15) is 4.79 Å². The first kappa shape index (κ1) is 14.2. The number of amides is 1. The third-order valence-corrected chi connectivity index (χ3v) is 3.10. The first-order chi connectivity index (χ1) is 9.61. The molecular weight excluding hydrogens is 254 g/mol. The predicted octanol–water partition coefficient (Wildman–Crippen LogP) is 1.65. The fourth-order valence-electron chi connectivity index (χ4n) is 2.01. The first-order valence-corrected chi connectivity index (χ1v) is 6.70. The number of rotatable bonds is 5. The fourth-order valence-corrected chi connectivity index (χ4v) is 2.01. The molecule has 2 heterocycles. The van der Waals surface area contributed by atoms with Gasteiger partial charge in [-0.15, -0.1) is 0 Å². The Bertz CT molecular complexity index is 579. The van der Waals surface area contributed by atoms with Crippen molar-refractivity contribution in [2.24, 2.45) is 7.05 Å². The highest BCUT2D eigenvalue weighted by molar-refractivity contribution is 5.92. The summed E-state index contributed by atoms with van der Waals surface area (Å²) in [6.45, 7) is 3.99. The van der Waals surface area contributed by atoms with Crippen molar-refractivity contribution >= 4 is 5.91 Å². The van der Waals surface area contributed by atoms with Gasteiger partial charge in [-0.1, -0.05) is 13.3 Å². The second-order valence-electron chi connectivity index (χ2n) is 4.76. The van der Waals surface area contributed by atoms with E-state index in [1.54, 1.807) is 24.1 Å². The highest BCUT2D eigenvalue weighted by Gasteiger charge is 2.16. The summed E-state index contributed by atoms with van der Waals surface area (Å²) in [5.41, 5.74) is 2.38. The molecule has 0 aliphatic heterocycles. The van der Waals surface area contributed by atoms with Crippen LogP contribution in [0, 0.1) is 0 Å². The molecule has 1 unspecified atom stereocenters. The van der Waals surface area contributed by atoms with Crippen LogP contribution in [0.1, 0.15) is 48.1 Å². The zero-order valence-electron chi connectivity index (χ0n) is 12.0. The topological polar surface area (TPSA) is 72.7 Å². The van der Waals surface area contributed by atoms with Crippen LogP contribution in [0.5, 0.6) is 0 Å². The lowest BCUT2D eigenvalue weighted by Gasteiger charge is -2.13. The molecule has 6 nitrogen and oxygen atoms in total. The Balaban J connectivity index is 2.08. The number of nitrogens with one attached hydrogen (secondary N) is 1. The lowest BCUT2D eigenvalue weighted by atomic mass is 10.1. The molecule has 0 aliphatic rings. The number of aryl methyl sites for hydroxylation is 2. The Morgan fingerprint density at radius 1 is 1.40 bits per heavy atom. The second kappa shape index (κ2) is 6.27. The summed E-state index contributed by atoms with van der Waals surface area (Å²) in [5, 5.41) is 7.26. The maximum atomic E-state index is 12.3. The van der Waals surface area contributed by atoms with Crippen molar-refractivity contribution in [3.05, 3.63) is 41.7 Å².